The van der Waals surface area contributed by atoms with Crippen molar-refractivity contribution in [2.45, 2.75) is 25.8 Å². The highest BCUT2D eigenvalue weighted by molar-refractivity contribution is 7.21. The Morgan fingerprint density at radius 3 is 2.63 bits per heavy atom. The van der Waals surface area contributed by atoms with E-state index in [1.807, 2.05) is 6.92 Å². The van der Waals surface area contributed by atoms with Crippen molar-refractivity contribution in [3.63, 3.8) is 0 Å². The predicted octanol–water partition coefficient (Wildman–Crippen LogP) is 3.58. The van der Waals surface area contributed by atoms with E-state index in [-0.39, 0.29) is 22.5 Å². The molecule has 1 atom stereocenters. The van der Waals surface area contributed by atoms with Gasteiger partial charge in [-0.2, -0.15) is 0 Å². The van der Waals surface area contributed by atoms with E-state index in [1.165, 1.54) is 11.2 Å². The highest BCUT2D eigenvalue weighted by Crippen LogP contribution is 2.39. The summed E-state index contributed by atoms with van der Waals surface area (Å²) in [6.45, 7) is 2.49. The maximum atomic E-state index is 13.3. The van der Waals surface area contributed by atoms with Crippen LogP contribution >= 0.6 is 11.3 Å². The minimum Gasteiger partial charge on any atom is -0.472 e. The van der Waals surface area contributed by atoms with Gasteiger partial charge in [0, 0.05) is 32.2 Å². The first kappa shape index (κ1) is 26.6. The zero-order chi connectivity index (χ0) is 27.4. The van der Waals surface area contributed by atoms with Crippen molar-refractivity contribution in [2.75, 3.05) is 36.6 Å². The molecule has 0 aliphatic carbocycles. The molecule has 3 amide bonds. The van der Waals surface area contributed by atoms with E-state index >= 15 is 0 Å². The molecule has 0 saturated carbocycles. The lowest BCUT2D eigenvalue weighted by Crippen LogP contribution is -2.38. The molecule has 5 N–H and O–H groups in total. The number of nitrogens with one attached hydrogen (secondary N) is 1. The molecule has 11 nitrogen and oxygen atoms in total. The lowest BCUT2D eigenvalue weighted by Gasteiger charge is -2.29. The van der Waals surface area contributed by atoms with Crippen LogP contribution in [0.5, 0.6) is 0 Å². The highest BCUT2D eigenvalue weighted by atomic mass is 32.1. The largest absolute Gasteiger partial charge is 0.472 e. The molecule has 4 aromatic rings. The highest BCUT2D eigenvalue weighted by Gasteiger charge is 2.24. The molecule has 0 saturated heterocycles. The molecule has 0 spiro atoms. The molecule has 1 aromatic carbocycles. The molecule has 4 rings (SSSR count). The Morgan fingerprint density at radius 2 is 1.97 bits per heavy atom. The third-order valence-electron chi connectivity index (χ3n) is 6.38. The van der Waals surface area contributed by atoms with Crippen molar-refractivity contribution >= 4 is 57.1 Å². The van der Waals surface area contributed by atoms with Crippen LogP contribution in [0.2, 0.25) is 0 Å². The van der Waals surface area contributed by atoms with Crippen molar-refractivity contribution < 1.29 is 18.8 Å². The van der Waals surface area contributed by atoms with Crippen molar-refractivity contribution in [1.29, 1.82) is 0 Å². The van der Waals surface area contributed by atoms with Crippen LogP contribution in [0, 0.1) is 0 Å². The van der Waals surface area contributed by atoms with Crippen LogP contribution in [-0.4, -0.2) is 59.8 Å². The number of fused-ring (bicyclic) bond motifs is 1. The summed E-state index contributed by atoms with van der Waals surface area (Å²) in [4.78, 5) is 49.5. The molecule has 38 heavy (non-hydrogen) atoms. The van der Waals surface area contributed by atoms with Gasteiger partial charge in [-0.15, -0.1) is 11.3 Å². The van der Waals surface area contributed by atoms with E-state index in [1.54, 1.807) is 55.6 Å². The first-order valence-electron chi connectivity index (χ1n) is 12.0. The van der Waals surface area contributed by atoms with Crippen LogP contribution in [0.15, 0.2) is 47.3 Å². The Kier molecular flexibility index (Phi) is 7.91. The van der Waals surface area contributed by atoms with Gasteiger partial charge < -0.3 is 31.0 Å². The van der Waals surface area contributed by atoms with Crippen molar-refractivity contribution in [3.8, 4) is 11.3 Å². The van der Waals surface area contributed by atoms with Crippen LogP contribution in [0.1, 0.15) is 39.8 Å². The minimum atomic E-state index is -0.627. The number of hydrogen-bond acceptors (Lipinski definition) is 9. The van der Waals surface area contributed by atoms with E-state index in [0.29, 0.717) is 58.0 Å². The first-order chi connectivity index (χ1) is 18.3. The number of thiophene rings is 1. The lowest BCUT2D eigenvalue weighted by molar-refractivity contribution is -0.107. The van der Waals surface area contributed by atoms with Gasteiger partial charge in [-0.1, -0.05) is 19.1 Å². The number of anilines is 3. The van der Waals surface area contributed by atoms with Gasteiger partial charge in [0.2, 0.25) is 12.4 Å². The fourth-order valence-electron chi connectivity index (χ4n) is 4.29. The number of nitrogens with zero attached hydrogens (tertiary/aromatic N) is 4. The molecule has 0 aliphatic heterocycles. The quantitative estimate of drug-likeness (QED) is 0.246. The number of primary amides is 1. The van der Waals surface area contributed by atoms with Gasteiger partial charge in [0.05, 0.1) is 40.5 Å². The van der Waals surface area contributed by atoms with Gasteiger partial charge in [-0.25, -0.2) is 9.97 Å². The Bertz CT molecular complexity index is 1470. The van der Waals surface area contributed by atoms with Crippen molar-refractivity contribution in [2.24, 2.45) is 5.73 Å². The predicted molar refractivity (Wildman–Crippen MR) is 148 cm³/mol. The van der Waals surface area contributed by atoms with Crippen molar-refractivity contribution in [3.05, 3.63) is 53.3 Å². The summed E-state index contributed by atoms with van der Waals surface area (Å²) in [5.74, 6) is -0.445. The van der Waals surface area contributed by atoms with E-state index in [9.17, 15) is 14.4 Å². The topological polar surface area (TPSA) is 161 Å². The number of carbonyl (C=O) groups is 3. The number of benzene rings is 1. The Balaban J connectivity index is 1.53. The van der Waals surface area contributed by atoms with Gasteiger partial charge in [0.1, 0.15) is 9.71 Å². The number of rotatable bonds is 11. The number of para-hydroxylation sites is 1. The summed E-state index contributed by atoms with van der Waals surface area (Å²) in [6.07, 6.45) is 5.08. The molecular weight excluding hydrogens is 506 g/mol. The summed E-state index contributed by atoms with van der Waals surface area (Å²) in [7, 11) is 3.37. The summed E-state index contributed by atoms with van der Waals surface area (Å²) < 4.78 is 5.22. The van der Waals surface area contributed by atoms with E-state index in [4.69, 9.17) is 15.9 Å². The number of nitrogen functional groups attached to an aromatic ring is 1. The number of nitrogens with two attached hydrogens (primary N) is 2. The van der Waals surface area contributed by atoms with Gasteiger partial charge >= 0.3 is 0 Å². The number of carbonyl (C=O) groups excluding carboxylic acids is 3. The fourth-order valence-corrected chi connectivity index (χ4v) is 5.24. The van der Waals surface area contributed by atoms with Crippen LogP contribution in [0.3, 0.4) is 0 Å². The molecule has 0 fully saturated rings. The maximum absolute atomic E-state index is 13.3. The zero-order valence-corrected chi connectivity index (χ0v) is 22.1. The average molecular weight is 536 g/mol. The summed E-state index contributed by atoms with van der Waals surface area (Å²) >= 11 is 1.11. The van der Waals surface area contributed by atoms with Gasteiger partial charge in [-0.05, 0) is 31.0 Å². The zero-order valence-electron chi connectivity index (χ0n) is 21.3. The van der Waals surface area contributed by atoms with Crippen LogP contribution in [0.4, 0.5) is 17.3 Å². The van der Waals surface area contributed by atoms with E-state index in [0.717, 1.165) is 17.8 Å². The molecule has 12 heteroatoms. The lowest BCUT2D eigenvalue weighted by atomic mass is 10.1. The van der Waals surface area contributed by atoms with E-state index < -0.39 is 5.91 Å². The minimum absolute atomic E-state index is 0.0829. The molecule has 1 unspecified atom stereocenters. The Hall–Kier alpha value is -4.45. The van der Waals surface area contributed by atoms with Gasteiger partial charge in [-0.3, -0.25) is 14.4 Å². The maximum Gasteiger partial charge on any atom is 0.260 e. The molecule has 198 valence electrons. The average Bonchev–Trinajstić information content (AvgIpc) is 3.58. The summed E-state index contributed by atoms with van der Waals surface area (Å²) in [6, 6.07) is 8.69. The molecule has 0 radical (unpaired) electrons. The molecule has 0 bridgehead atoms. The number of aromatic nitrogens is 2. The number of furan rings is 1. The number of hydrogen-bond donors (Lipinski definition) is 3. The molecular formula is C26H29N7O4S. The number of amides is 3. The van der Waals surface area contributed by atoms with Gasteiger partial charge in [0.15, 0.2) is 0 Å². The monoisotopic (exact) mass is 535 g/mol. The van der Waals surface area contributed by atoms with Crippen LogP contribution in [0.25, 0.3) is 21.5 Å². The standard InChI is InChI=1S/C26H29N7O4S/c1-4-16(33(3)25(36)17-7-5-6-8-18(17)32(2)14-34)9-11-29-26-30-21(15-10-12-37-13-15)19-20(27)22(23(28)35)38-24(19)31-26/h5-8,10,12-14,16H,4,9,11,27H2,1-3H3,(H2,28,35)(H,29,30,31). The Labute approximate surface area is 223 Å². The van der Waals surface area contributed by atoms with E-state index in [2.05, 4.69) is 15.3 Å². The second kappa shape index (κ2) is 11.3. The summed E-state index contributed by atoms with van der Waals surface area (Å²) in [5.41, 5.74) is 14.2. The summed E-state index contributed by atoms with van der Waals surface area (Å²) in [5, 5.41) is 3.79. The SMILES string of the molecule is CCC(CCNc1nc(-c2ccoc2)c2c(N)c(C(N)=O)sc2n1)N(C)C(=O)c1ccccc1N(C)C=O. The smallest absolute Gasteiger partial charge is 0.260 e. The third kappa shape index (κ3) is 5.16. The third-order valence-corrected chi connectivity index (χ3v) is 7.49. The van der Waals surface area contributed by atoms with Crippen molar-refractivity contribution in [1.82, 2.24) is 14.9 Å². The van der Waals surface area contributed by atoms with Gasteiger partial charge in [0.25, 0.3) is 11.8 Å². The first-order valence-corrected chi connectivity index (χ1v) is 12.8. The second-order valence-corrected chi connectivity index (χ2v) is 9.72. The molecule has 0 aliphatic rings. The second-order valence-electron chi connectivity index (χ2n) is 8.72. The Morgan fingerprint density at radius 1 is 1.21 bits per heavy atom. The van der Waals surface area contributed by atoms with Crippen LogP contribution in [-0.2, 0) is 4.79 Å². The molecule has 3 aromatic heterocycles. The normalized spacial score (nSPS) is 11.8. The fraction of sp³-hybridized carbons (Fsp3) is 0.269. The van der Waals surface area contributed by atoms with Crippen LogP contribution < -0.4 is 21.7 Å². The molecule has 3 heterocycles.